The van der Waals surface area contributed by atoms with E-state index in [0.717, 1.165) is 11.3 Å². The summed E-state index contributed by atoms with van der Waals surface area (Å²) in [7, 11) is 0. The van der Waals surface area contributed by atoms with E-state index in [1.807, 2.05) is 12.3 Å². The average Bonchev–Trinajstić information content (AvgIpc) is 3.05. The van der Waals surface area contributed by atoms with Crippen molar-refractivity contribution in [3.63, 3.8) is 0 Å². The van der Waals surface area contributed by atoms with Crippen LogP contribution in [-0.2, 0) is 17.6 Å². The summed E-state index contributed by atoms with van der Waals surface area (Å²) in [5, 5.41) is 5.49. The van der Waals surface area contributed by atoms with Gasteiger partial charge < -0.3 is 5.32 Å². The van der Waals surface area contributed by atoms with Gasteiger partial charge in [-0.05, 0) is 36.5 Å². The zero-order valence-electron chi connectivity index (χ0n) is 10.9. The molecule has 2 aromatic rings. The van der Waals surface area contributed by atoms with Crippen LogP contribution >= 0.6 is 11.3 Å². The van der Waals surface area contributed by atoms with Gasteiger partial charge in [-0.25, -0.2) is 4.98 Å². The lowest BCUT2D eigenvalue weighted by Crippen LogP contribution is -2.08. The standard InChI is InChI=1S/C15H16N2OS/c1-2-14(18)17-15-16-13(9-19-15)12-7-6-10-4-3-5-11(10)8-12/h6-9H,2-5H2,1H3,(H,16,17,18). The number of fused-ring (bicyclic) bond motifs is 1. The maximum Gasteiger partial charge on any atom is 0.225 e. The minimum absolute atomic E-state index is 0.00912. The Balaban J connectivity index is 1.84. The Morgan fingerprint density at radius 2 is 2.21 bits per heavy atom. The van der Waals surface area contributed by atoms with Crippen LogP contribution in [0.5, 0.6) is 0 Å². The van der Waals surface area contributed by atoms with Gasteiger partial charge in [-0.3, -0.25) is 4.79 Å². The largest absolute Gasteiger partial charge is 0.302 e. The van der Waals surface area contributed by atoms with Crippen LogP contribution in [0.4, 0.5) is 5.13 Å². The summed E-state index contributed by atoms with van der Waals surface area (Å²) in [6.07, 6.45) is 4.11. The normalized spacial score (nSPS) is 13.3. The third kappa shape index (κ3) is 2.54. The first kappa shape index (κ1) is 12.4. The first-order chi connectivity index (χ1) is 9.26. The number of aromatic nitrogens is 1. The topological polar surface area (TPSA) is 42.0 Å². The predicted molar refractivity (Wildman–Crippen MR) is 78.5 cm³/mol. The molecule has 1 aliphatic carbocycles. The highest BCUT2D eigenvalue weighted by atomic mass is 32.1. The Morgan fingerprint density at radius 1 is 1.37 bits per heavy atom. The van der Waals surface area contributed by atoms with Gasteiger partial charge in [0, 0.05) is 17.4 Å². The molecule has 0 atom stereocenters. The molecule has 1 aromatic heterocycles. The quantitative estimate of drug-likeness (QED) is 0.926. The number of benzene rings is 1. The number of hydrogen-bond donors (Lipinski definition) is 1. The Kier molecular flexibility index (Phi) is 3.34. The Labute approximate surface area is 116 Å². The minimum Gasteiger partial charge on any atom is -0.302 e. The smallest absolute Gasteiger partial charge is 0.225 e. The van der Waals surface area contributed by atoms with E-state index in [9.17, 15) is 4.79 Å². The fourth-order valence-corrected chi connectivity index (χ4v) is 3.14. The second-order valence-corrected chi connectivity index (χ2v) is 5.63. The molecule has 0 saturated heterocycles. The van der Waals surface area contributed by atoms with Crippen LogP contribution in [0.1, 0.15) is 30.9 Å². The van der Waals surface area contributed by atoms with Crippen molar-refractivity contribution < 1.29 is 4.79 Å². The highest BCUT2D eigenvalue weighted by molar-refractivity contribution is 7.14. The lowest BCUT2D eigenvalue weighted by Gasteiger charge is -2.02. The zero-order valence-corrected chi connectivity index (χ0v) is 11.7. The summed E-state index contributed by atoms with van der Waals surface area (Å²) in [5.74, 6) is 0.00912. The van der Waals surface area contributed by atoms with E-state index >= 15 is 0 Å². The summed E-state index contributed by atoms with van der Waals surface area (Å²) in [6.45, 7) is 1.84. The van der Waals surface area contributed by atoms with E-state index in [4.69, 9.17) is 0 Å². The Morgan fingerprint density at radius 3 is 3.05 bits per heavy atom. The molecule has 0 unspecified atom stereocenters. The van der Waals surface area contributed by atoms with E-state index in [0.29, 0.717) is 11.6 Å². The predicted octanol–water partition coefficient (Wildman–Crippen LogP) is 3.65. The van der Waals surface area contributed by atoms with Crippen molar-refractivity contribution in [2.24, 2.45) is 0 Å². The molecule has 0 saturated carbocycles. The summed E-state index contributed by atoms with van der Waals surface area (Å²) in [6, 6.07) is 6.58. The highest BCUT2D eigenvalue weighted by Crippen LogP contribution is 2.30. The number of anilines is 1. The van der Waals surface area contributed by atoms with Crippen LogP contribution in [0.2, 0.25) is 0 Å². The minimum atomic E-state index is 0.00912. The number of carbonyl (C=O) groups excluding carboxylic acids is 1. The third-order valence-electron chi connectivity index (χ3n) is 3.47. The van der Waals surface area contributed by atoms with E-state index in [-0.39, 0.29) is 5.91 Å². The van der Waals surface area contributed by atoms with Gasteiger partial charge in [-0.15, -0.1) is 11.3 Å². The van der Waals surface area contributed by atoms with Crippen molar-refractivity contribution in [2.75, 3.05) is 5.32 Å². The highest BCUT2D eigenvalue weighted by Gasteiger charge is 2.13. The van der Waals surface area contributed by atoms with Crippen molar-refractivity contribution in [2.45, 2.75) is 32.6 Å². The monoisotopic (exact) mass is 272 g/mol. The van der Waals surface area contributed by atoms with Gasteiger partial charge in [0.1, 0.15) is 0 Å². The molecule has 0 aliphatic heterocycles. The molecule has 3 rings (SSSR count). The van der Waals surface area contributed by atoms with Crippen molar-refractivity contribution in [1.82, 2.24) is 4.98 Å². The Hall–Kier alpha value is -1.68. The van der Waals surface area contributed by atoms with Gasteiger partial charge in [0.2, 0.25) is 5.91 Å². The van der Waals surface area contributed by atoms with Crippen molar-refractivity contribution in [3.8, 4) is 11.3 Å². The van der Waals surface area contributed by atoms with Crippen LogP contribution in [0.25, 0.3) is 11.3 Å². The van der Waals surface area contributed by atoms with Gasteiger partial charge in [0.05, 0.1) is 5.69 Å². The van der Waals surface area contributed by atoms with Crippen molar-refractivity contribution in [3.05, 3.63) is 34.7 Å². The van der Waals surface area contributed by atoms with Crippen molar-refractivity contribution in [1.29, 1.82) is 0 Å². The molecule has 19 heavy (non-hydrogen) atoms. The van der Waals surface area contributed by atoms with Crippen LogP contribution in [0.15, 0.2) is 23.6 Å². The van der Waals surface area contributed by atoms with Crippen LogP contribution in [0.3, 0.4) is 0 Å². The summed E-state index contributed by atoms with van der Waals surface area (Å²) < 4.78 is 0. The van der Waals surface area contributed by atoms with Crippen LogP contribution in [0, 0.1) is 0 Å². The number of hydrogen-bond acceptors (Lipinski definition) is 3. The van der Waals surface area contributed by atoms with E-state index < -0.39 is 0 Å². The van der Waals surface area contributed by atoms with E-state index in [1.54, 1.807) is 0 Å². The molecule has 1 aliphatic rings. The molecule has 0 fully saturated rings. The molecule has 0 spiro atoms. The first-order valence-electron chi connectivity index (χ1n) is 6.64. The SMILES string of the molecule is CCC(=O)Nc1nc(-c2ccc3c(c2)CCC3)cs1. The molecule has 0 radical (unpaired) electrons. The molecule has 1 amide bonds. The number of rotatable bonds is 3. The third-order valence-corrected chi connectivity index (χ3v) is 4.22. The first-order valence-corrected chi connectivity index (χ1v) is 7.52. The van der Waals surface area contributed by atoms with Gasteiger partial charge in [-0.2, -0.15) is 0 Å². The van der Waals surface area contributed by atoms with Gasteiger partial charge >= 0.3 is 0 Å². The maximum absolute atomic E-state index is 11.3. The fourth-order valence-electron chi connectivity index (χ4n) is 2.40. The fraction of sp³-hybridized carbons (Fsp3) is 0.333. The maximum atomic E-state index is 11.3. The summed E-state index contributed by atoms with van der Waals surface area (Å²) >= 11 is 1.48. The molecular formula is C15H16N2OS. The molecule has 4 heteroatoms. The van der Waals surface area contributed by atoms with Crippen LogP contribution < -0.4 is 5.32 Å². The number of thiazole rings is 1. The van der Waals surface area contributed by atoms with E-state index in [1.165, 1.54) is 41.7 Å². The van der Waals surface area contributed by atoms with Gasteiger partial charge in [0.25, 0.3) is 0 Å². The number of nitrogens with one attached hydrogen (secondary N) is 1. The lowest BCUT2D eigenvalue weighted by atomic mass is 10.1. The molecule has 1 N–H and O–H groups in total. The van der Waals surface area contributed by atoms with Gasteiger partial charge in [-0.1, -0.05) is 19.1 Å². The molecule has 1 aromatic carbocycles. The molecular weight excluding hydrogens is 256 g/mol. The summed E-state index contributed by atoms with van der Waals surface area (Å²) in [4.78, 5) is 15.8. The van der Waals surface area contributed by atoms with E-state index in [2.05, 4.69) is 28.5 Å². The zero-order chi connectivity index (χ0) is 13.2. The second-order valence-electron chi connectivity index (χ2n) is 4.78. The lowest BCUT2D eigenvalue weighted by molar-refractivity contribution is -0.115. The molecule has 0 bridgehead atoms. The van der Waals surface area contributed by atoms with Gasteiger partial charge in [0.15, 0.2) is 5.13 Å². The molecule has 98 valence electrons. The second kappa shape index (κ2) is 5.13. The number of carbonyl (C=O) groups is 1. The van der Waals surface area contributed by atoms with Crippen molar-refractivity contribution >= 4 is 22.4 Å². The van der Waals surface area contributed by atoms with Crippen LogP contribution in [-0.4, -0.2) is 10.9 Å². The average molecular weight is 272 g/mol. The number of aryl methyl sites for hydroxylation is 2. The summed E-state index contributed by atoms with van der Waals surface area (Å²) in [5.41, 5.74) is 5.02. The number of amides is 1. The number of nitrogens with zero attached hydrogens (tertiary/aromatic N) is 1. The molecule has 1 heterocycles. The Bertz CT molecular complexity index is 618. The molecule has 3 nitrogen and oxygen atoms in total.